The first-order valence-corrected chi connectivity index (χ1v) is 13.5. The van der Waals surface area contributed by atoms with E-state index in [1.807, 2.05) is 29.6 Å². The topological polar surface area (TPSA) is 61.9 Å². The molecule has 0 bridgehead atoms. The maximum Gasteiger partial charge on any atom is 0.247 e. The fourth-order valence-corrected chi connectivity index (χ4v) is 5.60. The summed E-state index contributed by atoms with van der Waals surface area (Å²) in [5.41, 5.74) is 0.791. The van der Waals surface area contributed by atoms with Crippen LogP contribution in [0.4, 0.5) is 0 Å². The molecule has 1 saturated carbocycles. The maximum atomic E-state index is 13.7. The molecule has 2 fully saturated rings. The summed E-state index contributed by atoms with van der Waals surface area (Å²) in [7, 11) is 0. The molecule has 2 aromatic rings. The Hall–Kier alpha value is -1.93. The number of benzene rings is 1. The molecule has 1 aliphatic heterocycles. The molecule has 2 amide bonds. The van der Waals surface area contributed by atoms with E-state index in [1.165, 1.54) is 6.42 Å². The molecule has 1 saturated heterocycles. The number of hydrogen-bond acceptors (Lipinski definition) is 5. The molecule has 0 spiro atoms. The monoisotopic (exact) mass is 503 g/mol. The molecule has 1 atom stereocenters. The first kappa shape index (κ1) is 25.2. The summed E-state index contributed by atoms with van der Waals surface area (Å²) < 4.78 is 5.48. The molecule has 1 aromatic carbocycles. The predicted octanol–water partition coefficient (Wildman–Crippen LogP) is 4.30. The number of nitrogens with zero attached hydrogens (tertiary/aromatic N) is 2. The standard InChI is InChI=1S/C26H34ClN3O3S/c27-21-10-8-20(9-11-21)25(26(32)28-22-5-2-1-3-6-22)30(13-12-29-14-16-33-17-15-29)24(31)19-23-7-4-18-34-23/h4,7-11,18,22,25H,1-3,5-6,12-17,19H2,(H,28,32). The van der Waals surface area contributed by atoms with Gasteiger partial charge in [0.05, 0.1) is 19.6 Å². The number of morpholine rings is 1. The number of carbonyl (C=O) groups is 2. The van der Waals surface area contributed by atoms with Crippen molar-refractivity contribution in [2.24, 2.45) is 0 Å². The lowest BCUT2D eigenvalue weighted by atomic mass is 9.94. The predicted molar refractivity (Wildman–Crippen MR) is 136 cm³/mol. The van der Waals surface area contributed by atoms with Gasteiger partial charge in [0.25, 0.3) is 0 Å². The van der Waals surface area contributed by atoms with Gasteiger partial charge in [-0.15, -0.1) is 11.3 Å². The molecule has 8 heteroatoms. The Morgan fingerprint density at radius 1 is 1.12 bits per heavy atom. The highest BCUT2D eigenvalue weighted by Gasteiger charge is 2.33. The largest absolute Gasteiger partial charge is 0.379 e. The van der Waals surface area contributed by atoms with Crippen molar-refractivity contribution in [1.82, 2.24) is 15.1 Å². The van der Waals surface area contributed by atoms with Crippen LogP contribution in [0.5, 0.6) is 0 Å². The number of ether oxygens (including phenoxy) is 1. The molecular weight excluding hydrogens is 470 g/mol. The average Bonchev–Trinajstić information content (AvgIpc) is 3.37. The third-order valence-electron chi connectivity index (χ3n) is 6.68. The summed E-state index contributed by atoms with van der Waals surface area (Å²) in [6, 6.07) is 10.7. The minimum atomic E-state index is -0.687. The van der Waals surface area contributed by atoms with Gasteiger partial charge < -0.3 is 15.0 Å². The van der Waals surface area contributed by atoms with E-state index in [4.69, 9.17) is 16.3 Å². The van der Waals surface area contributed by atoms with E-state index in [1.54, 1.807) is 28.4 Å². The second-order valence-corrected chi connectivity index (χ2v) is 10.6. The summed E-state index contributed by atoms with van der Waals surface area (Å²) in [5, 5.41) is 5.86. The van der Waals surface area contributed by atoms with Crippen molar-refractivity contribution >= 4 is 34.8 Å². The van der Waals surface area contributed by atoms with Crippen LogP contribution < -0.4 is 5.32 Å². The molecule has 1 N–H and O–H groups in total. The Morgan fingerprint density at radius 3 is 2.53 bits per heavy atom. The molecule has 34 heavy (non-hydrogen) atoms. The van der Waals surface area contributed by atoms with Gasteiger partial charge >= 0.3 is 0 Å². The van der Waals surface area contributed by atoms with Crippen LogP contribution in [-0.2, 0) is 20.7 Å². The number of amides is 2. The fourth-order valence-electron chi connectivity index (χ4n) is 4.78. The highest BCUT2D eigenvalue weighted by atomic mass is 35.5. The average molecular weight is 504 g/mol. The van der Waals surface area contributed by atoms with Gasteiger partial charge in [0.15, 0.2) is 0 Å². The van der Waals surface area contributed by atoms with E-state index in [0.29, 0.717) is 37.7 Å². The van der Waals surface area contributed by atoms with E-state index < -0.39 is 6.04 Å². The molecule has 1 unspecified atom stereocenters. The zero-order chi connectivity index (χ0) is 23.8. The van der Waals surface area contributed by atoms with E-state index in [0.717, 1.165) is 49.2 Å². The van der Waals surface area contributed by atoms with E-state index in [-0.39, 0.29) is 17.9 Å². The number of hydrogen-bond donors (Lipinski definition) is 1. The second-order valence-electron chi connectivity index (χ2n) is 9.09. The molecule has 6 nitrogen and oxygen atoms in total. The fraction of sp³-hybridized carbons (Fsp3) is 0.538. The Morgan fingerprint density at radius 2 is 1.85 bits per heavy atom. The molecule has 2 aliphatic rings. The number of thiophene rings is 1. The van der Waals surface area contributed by atoms with Crippen molar-refractivity contribution in [2.45, 2.75) is 50.6 Å². The van der Waals surface area contributed by atoms with Crippen molar-refractivity contribution in [1.29, 1.82) is 0 Å². The lowest BCUT2D eigenvalue weighted by Gasteiger charge is -2.35. The van der Waals surface area contributed by atoms with Crippen LogP contribution in [0.2, 0.25) is 5.02 Å². The molecule has 4 rings (SSSR count). The van der Waals surface area contributed by atoms with Gasteiger partial charge in [-0.2, -0.15) is 0 Å². The summed E-state index contributed by atoms with van der Waals surface area (Å²) >= 11 is 7.72. The highest BCUT2D eigenvalue weighted by Crippen LogP contribution is 2.26. The van der Waals surface area contributed by atoms with Gasteiger partial charge in [-0.05, 0) is 42.0 Å². The van der Waals surface area contributed by atoms with Gasteiger partial charge in [0.1, 0.15) is 6.04 Å². The number of rotatable bonds is 9. The van der Waals surface area contributed by atoms with Gasteiger partial charge in [0.2, 0.25) is 11.8 Å². The van der Waals surface area contributed by atoms with Crippen LogP contribution in [0.1, 0.15) is 48.6 Å². The number of nitrogens with one attached hydrogen (secondary N) is 1. The first-order chi connectivity index (χ1) is 16.6. The van der Waals surface area contributed by atoms with Crippen molar-refractivity contribution < 1.29 is 14.3 Å². The van der Waals surface area contributed by atoms with Crippen molar-refractivity contribution in [3.05, 3.63) is 57.2 Å². The first-order valence-electron chi connectivity index (χ1n) is 12.3. The molecular formula is C26H34ClN3O3S. The molecule has 1 aliphatic carbocycles. The number of halogens is 1. The van der Waals surface area contributed by atoms with Gasteiger partial charge in [-0.25, -0.2) is 0 Å². The lowest BCUT2D eigenvalue weighted by Crippen LogP contribution is -2.50. The van der Waals surface area contributed by atoms with E-state index >= 15 is 0 Å². The zero-order valence-corrected chi connectivity index (χ0v) is 21.2. The van der Waals surface area contributed by atoms with Crippen LogP contribution in [0.3, 0.4) is 0 Å². The zero-order valence-electron chi connectivity index (χ0n) is 19.6. The summed E-state index contributed by atoms with van der Waals surface area (Å²) in [6.45, 7) is 4.27. The third-order valence-corrected chi connectivity index (χ3v) is 7.81. The van der Waals surface area contributed by atoms with Crippen LogP contribution in [-0.4, -0.2) is 67.0 Å². The molecule has 1 aromatic heterocycles. The Kier molecular flexibility index (Phi) is 9.39. The minimum Gasteiger partial charge on any atom is -0.379 e. The van der Waals surface area contributed by atoms with Gasteiger partial charge in [0, 0.05) is 42.1 Å². The van der Waals surface area contributed by atoms with Crippen LogP contribution in [0, 0.1) is 0 Å². The van der Waals surface area contributed by atoms with Gasteiger partial charge in [-0.3, -0.25) is 14.5 Å². The molecule has 2 heterocycles. The summed E-state index contributed by atoms with van der Waals surface area (Å²) in [6.07, 6.45) is 5.77. The summed E-state index contributed by atoms with van der Waals surface area (Å²) in [4.78, 5) is 32.4. The normalized spacial score (nSPS) is 18.4. The second kappa shape index (κ2) is 12.7. The van der Waals surface area contributed by atoms with Crippen LogP contribution in [0.15, 0.2) is 41.8 Å². The maximum absolute atomic E-state index is 13.7. The number of carbonyl (C=O) groups excluding carboxylic acids is 2. The Balaban J connectivity index is 1.59. The van der Waals surface area contributed by atoms with Crippen molar-refractivity contribution in [3.63, 3.8) is 0 Å². The van der Waals surface area contributed by atoms with Crippen LogP contribution >= 0.6 is 22.9 Å². The molecule has 0 radical (unpaired) electrons. The van der Waals surface area contributed by atoms with Crippen molar-refractivity contribution in [2.75, 3.05) is 39.4 Å². The van der Waals surface area contributed by atoms with E-state index in [2.05, 4.69) is 10.2 Å². The Bertz CT molecular complexity index is 910. The van der Waals surface area contributed by atoms with Gasteiger partial charge in [-0.1, -0.05) is 49.1 Å². The lowest BCUT2D eigenvalue weighted by molar-refractivity contribution is -0.141. The smallest absolute Gasteiger partial charge is 0.247 e. The van der Waals surface area contributed by atoms with Crippen molar-refractivity contribution in [3.8, 4) is 0 Å². The third kappa shape index (κ3) is 7.04. The Labute approximate surface area is 211 Å². The summed E-state index contributed by atoms with van der Waals surface area (Å²) in [5.74, 6) is -0.134. The highest BCUT2D eigenvalue weighted by molar-refractivity contribution is 7.10. The van der Waals surface area contributed by atoms with E-state index in [9.17, 15) is 9.59 Å². The molecule has 184 valence electrons. The quantitative estimate of drug-likeness (QED) is 0.554. The SMILES string of the molecule is O=C(NC1CCCCC1)C(c1ccc(Cl)cc1)N(CCN1CCOCC1)C(=O)Cc1cccs1. The van der Waals surface area contributed by atoms with Crippen LogP contribution in [0.25, 0.3) is 0 Å². The minimum absolute atomic E-state index is 0.0329.